The van der Waals surface area contributed by atoms with Crippen molar-refractivity contribution in [3.8, 4) is 22.9 Å². The molecular formula is C33H37N7O. The van der Waals surface area contributed by atoms with E-state index in [-0.39, 0.29) is 0 Å². The average molecular weight is 548 g/mol. The molecule has 8 heteroatoms. The molecule has 0 spiro atoms. The van der Waals surface area contributed by atoms with Gasteiger partial charge >= 0.3 is 0 Å². The molecule has 0 aliphatic carbocycles. The number of benzene rings is 2. The Morgan fingerprint density at radius 1 is 0.756 bits per heavy atom. The maximum absolute atomic E-state index is 5.99. The van der Waals surface area contributed by atoms with Gasteiger partial charge in [0, 0.05) is 67.1 Å². The Balaban J connectivity index is 0.000000929. The van der Waals surface area contributed by atoms with Crippen LogP contribution in [0.4, 0.5) is 17.2 Å². The Morgan fingerprint density at radius 2 is 1.51 bits per heavy atom. The van der Waals surface area contributed by atoms with Gasteiger partial charge in [0.05, 0.1) is 22.2 Å². The van der Waals surface area contributed by atoms with Crippen molar-refractivity contribution in [3.05, 3.63) is 91.0 Å². The van der Waals surface area contributed by atoms with Crippen molar-refractivity contribution < 1.29 is 4.74 Å². The Bertz CT molecular complexity index is 1730. The number of H-pyrrole nitrogens is 1. The molecule has 0 bridgehead atoms. The topological polar surface area (TPSA) is 91.9 Å². The standard InChI is InChI=1S/C29H25N7O.2C2H6/c1-18-14-22(10-12-30-18)37-21-6-8-26-27(16-21)35-29(34-26)19-4-9-28(32-17-19)33-25-11-13-31-24-7-5-20(36(2)3)15-23(24)25;2*1-2/h4-17H,1-3H3,(H,34,35)(H,31,32,33);2*1-2H3. The van der Waals surface area contributed by atoms with E-state index in [9.17, 15) is 0 Å². The average Bonchev–Trinajstić information content (AvgIpc) is 3.43. The fourth-order valence-corrected chi connectivity index (χ4v) is 4.18. The fraction of sp³-hybridized carbons (Fsp3) is 0.212. The first-order valence-corrected chi connectivity index (χ1v) is 13.9. The normalized spacial score (nSPS) is 10.3. The molecule has 41 heavy (non-hydrogen) atoms. The summed E-state index contributed by atoms with van der Waals surface area (Å²) in [6, 6.07) is 21.7. The summed E-state index contributed by atoms with van der Waals surface area (Å²) in [7, 11) is 4.05. The highest BCUT2D eigenvalue weighted by Crippen LogP contribution is 2.30. The van der Waals surface area contributed by atoms with Gasteiger partial charge < -0.3 is 19.9 Å². The molecule has 6 aromatic rings. The zero-order valence-electron chi connectivity index (χ0n) is 24.7. The molecule has 0 amide bonds. The molecule has 0 unspecified atom stereocenters. The lowest BCUT2D eigenvalue weighted by atomic mass is 10.1. The second-order valence-corrected chi connectivity index (χ2v) is 9.01. The fourth-order valence-electron chi connectivity index (χ4n) is 4.18. The van der Waals surface area contributed by atoms with E-state index >= 15 is 0 Å². The van der Waals surface area contributed by atoms with Crippen molar-refractivity contribution in [2.45, 2.75) is 34.6 Å². The van der Waals surface area contributed by atoms with Gasteiger partial charge in [0.1, 0.15) is 23.1 Å². The summed E-state index contributed by atoms with van der Waals surface area (Å²) in [6.07, 6.45) is 5.35. The van der Waals surface area contributed by atoms with Crippen LogP contribution in [-0.4, -0.2) is 39.0 Å². The summed E-state index contributed by atoms with van der Waals surface area (Å²) >= 11 is 0. The number of anilines is 3. The number of rotatable bonds is 6. The number of aromatic amines is 1. The van der Waals surface area contributed by atoms with Crippen LogP contribution >= 0.6 is 0 Å². The van der Waals surface area contributed by atoms with Gasteiger partial charge in [0.25, 0.3) is 0 Å². The van der Waals surface area contributed by atoms with E-state index in [4.69, 9.17) is 9.72 Å². The maximum atomic E-state index is 5.99. The Kier molecular flexibility index (Phi) is 9.47. The minimum absolute atomic E-state index is 0.730. The number of aryl methyl sites for hydroxylation is 1. The highest BCUT2D eigenvalue weighted by atomic mass is 16.5. The largest absolute Gasteiger partial charge is 0.457 e. The first kappa shape index (κ1) is 29.0. The minimum Gasteiger partial charge on any atom is -0.457 e. The third-order valence-corrected chi connectivity index (χ3v) is 6.10. The Labute approximate surface area is 241 Å². The molecule has 210 valence electrons. The number of hydrogen-bond donors (Lipinski definition) is 2. The van der Waals surface area contributed by atoms with Crippen LogP contribution in [0.1, 0.15) is 33.4 Å². The van der Waals surface area contributed by atoms with Crippen LogP contribution in [0.3, 0.4) is 0 Å². The van der Waals surface area contributed by atoms with Gasteiger partial charge in [0.2, 0.25) is 0 Å². The predicted octanol–water partition coefficient (Wildman–Crippen LogP) is 8.53. The molecule has 2 aromatic carbocycles. The van der Waals surface area contributed by atoms with Gasteiger partial charge in [-0.25, -0.2) is 9.97 Å². The SMILES string of the molecule is CC.CC.Cc1cc(Oc2ccc3nc(-c4ccc(Nc5ccnc6ccc(N(C)C)cc56)nc4)[nH]c3c2)ccn1. The molecule has 0 fully saturated rings. The summed E-state index contributed by atoms with van der Waals surface area (Å²) < 4.78 is 5.99. The van der Waals surface area contributed by atoms with E-state index in [1.54, 1.807) is 12.4 Å². The number of hydrogen-bond acceptors (Lipinski definition) is 7. The molecule has 8 nitrogen and oxygen atoms in total. The van der Waals surface area contributed by atoms with E-state index in [2.05, 4.69) is 42.3 Å². The zero-order chi connectivity index (χ0) is 29.4. The molecule has 0 radical (unpaired) electrons. The molecule has 0 saturated carbocycles. The number of imidazole rings is 1. The Hall–Kier alpha value is -4.98. The van der Waals surface area contributed by atoms with Crippen molar-refractivity contribution >= 4 is 39.1 Å². The van der Waals surface area contributed by atoms with Gasteiger partial charge in [-0.1, -0.05) is 27.7 Å². The summed E-state index contributed by atoms with van der Waals surface area (Å²) in [5.74, 6) is 2.97. The second-order valence-electron chi connectivity index (χ2n) is 9.01. The molecular weight excluding hydrogens is 510 g/mol. The molecule has 0 aliphatic rings. The number of aromatic nitrogens is 5. The minimum atomic E-state index is 0.730. The third kappa shape index (κ3) is 6.78. The smallest absolute Gasteiger partial charge is 0.140 e. The van der Waals surface area contributed by atoms with Crippen molar-refractivity contribution in [3.63, 3.8) is 0 Å². The molecule has 4 heterocycles. The highest BCUT2D eigenvalue weighted by Gasteiger charge is 2.10. The van der Waals surface area contributed by atoms with Crippen LogP contribution in [0.25, 0.3) is 33.3 Å². The van der Waals surface area contributed by atoms with Crippen LogP contribution in [0.15, 0.2) is 85.3 Å². The monoisotopic (exact) mass is 547 g/mol. The van der Waals surface area contributed by atoms with E-state index in [0.717, 1.165) is 67.7 Å². The lowest BCUT2D eigenvalue weighted by molar-refractivity contribution is 0.482. The van der Waals surface area contributed by atoms with Crippen LogP contribution in [-0.2, 0) is 0 Å². The summed E-state index contributed by atoms with van der Waals surface area (Å²) in [5, 5.41) is 4.47. The van der Waals surface area contributed by atoms with Crippen molar-refractivity contribution in [2.75, 3.05) is 24.3 Å². The van der Waals surface area contributed by atoms with Crippen molar-refractivity contribution in [1.82, 2.24) is 24.9 Å². The van der Waals surface area contributed by atoms with Gasteiger partial charge in [-0.05, 0) is 61.5 Å². The molecule has 0 atom stereocenters. The van der Waals surface area contributed by atoms with Gasteiger partial charge in [-0.2, -0.15) is 0 Å². The summed E-state index contributed by atoms with van der Waals surface area (Å²) in [4.78, 5) is 23.5. The first-order chi connectivity index (χ1) is 20.0. The number of fused-ring (bicyclic) bond motifs is 2. The molecule has 4 aromatic heterocycles. The predicted molar refractivity (Wildman–Crippen MR) is 170 cm³/mol. The molecule has 2 N–H and O–H groups in total. The Morgan fingerprint density at radius 3 is 2.24 bits per heavy atom. The number of ether oxygens (including phenoxy) is 1. The van der Waals surface area contributed by atoms with Gasteiger partial charge in [0.15, 0.2) is 0 Å². The summed E-state index contributed by atoms with van der Waals surface area (Å²) in [5.41, 5.74) is 6.54. The van der Waals surface area contributed by atoms with Crippen LogP contribution in [0.2, 0.25) is 0 Å². The zero-order valence-corrected chi connectivity index (χ0v) is 24.7. The molecule has 0 aliphatic heterocycles. The summed E-state index contributed by atoms with van der Waals surface area (Å²) in [6.45, 7) is 9.94. The quantitative estimate of drug-likeness (QED) is 0.216. The van der Waals surface area contributed by atoms with Crippen LogP contribution in [0.5, 0.6) is 11.5 Å². The van der Waals surface area contributed by atoms with Gasteiger partial charge in [-0.3, -0.25) is 9.97 Å². The first-order valence-electron chi connectivity index (χ1n) is 13.9. The van der Waals surface area contributed by atoms with E-state index in [1.807, 2.05) is 110 Å². The molecule has 0 saturated heterocycles. The van der Waals surface area contributed by atoms with E-state index < -0.39 is 0 Å². The van der Waals surface area contributed by atoms with Crippen LogP contribution < -0.4 is 15.0 Å². The number of pyridine rings is 3. The van der Waals surface area contributed by atoms with Gasteiger partial charge in [-0.15, -0.1) is 0 Å². The molecule has 6 rings (SSSR count). The number of nitrogens with zero attached hydrogens (tertiary/aromatic N) is 5. The van der Waals surface area contributed by atoms with Crippen molar-refractivity contribution in [1.29, 1.82) is 0 Å². The van der Waals surface area contributed by atoms with Crippen molar-refractivity contribution in [2.24, 2.45) is 0 Å². The third-order valence-electron chi connectivity index (χ3n) is 6.10. The lowest BCUT2D eigenvalue weighted by Crippen LogP contribution is -2.08. The van der Waals surface area contributed by atoms with E-state index in [1.165, 1.54) is 0 Å². The number of nitrogens with one attached hydrogen (secondary N) is 2. The second kappa shape index (κ2) is 13.4. The van der Waals surface area contributed by atoms with Crippen LogP contribution in [0, 0.1) is 6.92 Å². The highest BCUT2D eigenvalue weighted by molar-refractivity contribution is 5.94. The lowest BCUT2D eigenvalue weighted by Gasteiger charge is -2.15. The maximum Gasteiger partial charge on any atom is 0.140 e. The van der Waals surface area contributed by atoms with E-state index in [0.29, 0.717) is 0 Å².